The van der Waals surface area contributed by atoms with Crippen molar-refractivity contribution in [2.45, 2.75) is 11.8 Å². The van der Waals surface area contributed by atoms with Crippen molar-refractivity contribution in [2.75, 3.05) is 4.72 Å². The topological polar surface area (TPSA) is 46.2 Å². The van der Waals surface area contributed by atoms with Crippen molar-refractivity contribution in [3.8, 4) is 0 Å². The summed E-state index contributed by atoms with van der Waals surface area (Å²) in [5.41, 5.74) is 1.44. The smallest absolute Gasteiger partial charge is 0.263 e. The second kappa shape index (κ2) is 5.53. The summed E-state index contributed by atoms with van der Waals surface area (Å²) in [4.78, 5) is 0.0669. The SMILES string of the molecule is Cc1cc(NS(=O)(=O)c2ccccc2Cl)ccc1Br. The molecule has 0 aromatic heterocycles. The number of aryl methyl sites for hydroxylation is 1. The van der Waals surface area contributed by atoms with Crippen LogP contribution in [0.3, 0.4) is 0 Å². The third-order valence-electron chi connectivity index (χ3n) is 2.54. The van der Waals surface area contributed by atoms with E-state index in [0.717, 1.165) is 10.0 Å². The van der Waals surface area contributed by atoms with Gasteiger partial charge in [-0.05, 0) is 42.8 Å². The molecule has 0 unspecified atom stereocenters. The number of halogens is 2. The number of sulfonamides is 1. The number of hydrogen-bond donors (Lipinski definition) is 1. The molecule has 0 bridgehead atoms. The van der Waals surface area contributed by atoms with E-state index in [1.165, 1.54) is 6.07 Å². The molecule has 0 atom stereocenters. The summed E-state index contributed by atoms with van der Waals surface area (Å²) in [5, 5.41) is 0.198. The number of anilines is 1. The molecule has 1 N–H and O–H groups in total. The second-order valence-electron chi connectivity index (χ2n) is 4.00. The van der Waals surface area contributed by atoms with Crippen LogP contribution in [-0.2, 0) is 10.0 Å². The number of hydrogen-bond acceptors (Lipinski definition) is 2. The van der Waals surface area contributed by atoms with Crippen LogP contribution < -0.4 is 4.72 Å². The lowest BCUT2D eigenvalue weighted by Crippen LogP contribution is -2.13. The molecule has 2 aromatic carbocycles. The average Bonchev–Trinajstić information content (AvgIpc) is 2.34. The summed E-state index contributed by atoms with van der Waals surface area (Å²) in [6.45, 7) is 1.89. The van der Waals surface area contributed by atoms with E-state index in [0.29, 0.717) is 5.69 Å². The Morgan fingerprint density at radius 3 is 2.47 bits per heavy atom. The summed E-state index contributed by atoms with van der Waals surface area (Å²) >= 11 is 9.27. The van der Waals surface area contributed by atoms with Crippen molar-refractivity contribution in [3.63, 3.8) is 0 Å². The minimum atomic E-state index is -3.67. The Morgan fingerprint density at radius 2 is 1.84 bits per heavy atom. The van der Waals surface area contributed by atoms with Crippen LogP contribution in [0.4, 0.5) is 5.69 Å². The zero-order valence-corrected chi connectivity index (χ0v) is 13.2. The third kappa shape index (κ3) is 3.29. The van der Waals surface area contributed by atoms with Crippen molar-refractivity contribution in [3.05, 3.63) is 57.5 Å². The Morgan fingerprint density at radius 1 is 1.16 bits per heavy atom. The fraction of sp³-hybridized carbons (Fsp3) is 0.0769. The van der Waals surface area contributed by atoms with Gasteiger partial charge in [-0.3, -0.25) is 4.72 Å². The first kappa shape index (κ1) is 14.4. The van der Waals surface area contributed by atoms with Crippen LogP contribution in [0.25, 0.3) is 0 Å². The van der Waals surface area contributed by atoms with Crippen LogP contribution in [0.5, 0.6) is 0 Å². The molecular weight excluding hydrogens is 350 g/mol. The minimum Gasteiger partial charge on any atom is -0.280 e. The Balaban J connectivity index is 2.37. The molecular formula is C13H11BrClNO2S. The predicted molar refractivity (Wildman–Crippen MR) is 81.1 cm³/mol. The zero-order valence-electron chi connectivity index (χ0n) is 10.0. The molecule has 0 amide bonds. The first-order valence-electron chi connectivity index (χ1n) is 5.43. The van der Waals surface area contributed by atoms with Crippen molar-refractivity contribution in [1.29, 1.82) is 0 Å². The number of nitrogens with one attached hydrogen (secondary N) is 1. The van der Waals surface area contributed by atoms with E-state index in [1.807, 2.05) is 6.92 Å². The molecule has 6 heteroatoms. The lowest BCUT2D eigenvalue weighted by atomic mass is 10.2. The molecule has 0 aliphatic heterocycles. The Labute approximate surface area is 125 Å². The molecule has 0 aliphatic rings. The predicted octanol–water partition coefficient (Wildman–Crippen LogP) is 4.21. The molecule has 0 fully saturated rings. The summed E-state index contributed by atoms with van der Waals surface area (Å²) in [7, 11) is -3.67. The zero-order chi connectivity index (χ0) is 14.0. The lowest BCUT2D eigenvalue weighted by molar-refractivity contribution is 0.601. The van der Waals surface area contributed by atoms with Crippen molar-refractivity contribution >= 4 is 43.2 Å². The molecule has 19 heavy (non-hydrogen) atoms. The third-order valence-corrected chi connectivity index (χ3v) is 5.31. The summed E-state index contributed by atoms with van der Waals surface area (Å²) in [5.74, 6) is 0. The van der Waals surface area contributed by atoms with Crippen LogP contribution in [-0.4, -0.2) is 8.42 Å². The Hall–Kier alpha value is -1.04. The highest BCUT2D eigenvalue weighted by Gasteiger charge is 2.17. The van der Waals surface area contributed by atoms with E-state index in [9.17, 15) is 8.42 Å². The van der Waals surface area contributed by atoms with Crippen molar-refractivity contribution in [1.82, 2.24) is 0 Å². The molecule has 0 heterocycles. The highest BCUT2D eigenvalue weighted by atomic mass is 79.9. The average molecular weight is 361 g/mol. The van der Waals surface area contributed by atoms with E-state index < -0.39 is 10.0 Å². The maximum atomic E-state index is 12.2. The fourth-order valence-electron chi connectivity index (χ4n) is 1.58. The summed E-state index contributed by atoms with van der Waals surface area (Å²) < 4.78 is 27.9. The molecule has 0 spiro atoms. The number of rotatable bonds is 3. The summed E-state index contributed by atoms with van der Waals surface area (Å²) in [6.07, 6.45) is 0. The molecule has 100 valence electrons. The van der Waals surface area contributed by atoms with E-state index in [4.69, 9.17) is 11.6 Å². The Bertz CT molecular complexity index is 716. The fourth-order valence-corrected chi connectivity index (χ4v) is 3.40. The maximum Gasteiger partial charge on any atom is 0.263 e. The first-order valence-corrected chi connectivity index (χ1v) is 8.09. The van der Waals surface area contributed by atoms with Gasteiger partial charge in [0.1, 0.15) is 4.90 Å². The van der Waals surface area contributed by atoms with Gasteiger partial charge in [0, 0.05) is 10.2 Å². The van der Waals surface area contributed by atoms with Crippen molar-refractivity contribution < 1.29 is 8.42 Å². The highest BCUT2D eigenvalue weighted by molar-refractivity contribution is 9.10. The van der Waals surface area contributed by atoms with Crippen LogP contribution in [0.1, 0.15) is 5.56 Å². The van der Waals surface area contributed by atoms with E-state index in [-0.39, 0.29) is 9.92 Å². The van der Waals surface area contributed by atoms with Gasteiger partial charge in [-0.15, -0.1) is 0 Å². The number of benzene rings is 2. The van der Waals surface area contributed by atoms with Gasteiger partial charge >= 0.3 is 0 Å². The van der Waals surface area contributed by atoms with Gasteiger partial charge < -0.3 is 0 Å². The first-order chi connectivity index (χ1) is 8.90. The maximum absolute atomic E-state index is 12.2. The molecule has 2 rings (SSSR count). The van der Waals surface area contributed by atoms with E-state index in [2.05, 4.69) is 20.7 Å². The van der Waals surface area contributed by atoms with Gasteiger partial charge in [0.15, 0.2) is 0 Å². The Kier molecular flexibility index (Phi) is 4.18. The van der Waals surface area contributed by atoms with Crippen LogP contribution >= 0.6 is 27.5 Å². The monoisotopic (exact) mass is 359 g/mol. The van der Waals surface area contributed by atoms with E-state index in [1.54, 1.807) is 36.4 Å². The molecule has 0 radical (unpaired) electrons. The van der Waals surface area contributed by atoms with Gasteiger partial charge in [0.05, 0.1) is 5.02 Å². The molecule has 0 saturated carbocycles. The normalized spacial score (nSPS) is 11.3. The molecule has 2 aromatic rings. The standard InChI is InChI=1S/C13H11BrClNO2S/c1-9-8-10(6-7-11(9)14)16-19(17,18)13-5-3-2-4-12(13)15/h2-8,16H,1H3. The lowest BCUT2D eigenvalue weighted by Gasteiger charge is -2.10. The van der Waals surface area contributed by atoms with Crippen LogP contribution in [0.15, 0.2) is 51.8 Å². The van der Waals surface area contributed by atoms with Crippen LogP contribution in [0.2, 0.25) is 5.02 Å². The highest BCUT2D eigenvalue weighted by Crippen LogP contribution is 2.25. The van der Waals surface area contributed by atoms with Crippen molar-refractivity contribution in [2.24, 2.45) is 0 Å². The van der Waals surface area contributed by atoms with Gasteiger partial charge in [-0.2, -0.15) is 0 Å². The molecule has 0 saturated heterocycles. The van der Waals surface area contributed by atoms with E-state index >= 15 is 0 Å². The largest absolute Gasteiger partial charge is 0.280 e. The van der Waals surface area contributed by atoms with Crippen LogP contribution in [0, 0.1) is 6.92 Å². The van der Waals surface area contributed by atoms with Gasteiger partial charge in [0.25, 0.3) is 10.0 Å². The molecule has 0 aliphatic carbocycles. The van der Waals surface area contributed by atoms with Gasteiger partial charge in [-0.25, -0.2) is 8.42 Å². The molecule has 3 nitrogen and oxygen atoms in total. The van der Waals surface area contributed by atoms with Gasteiger partial charge in [-0.1, -0.05) is 39.7 Å². The second-order valence-corrected chi connectivity index (χ2v) is 6.91. The minimum absolute atomic E-state index is 0.0669. The summed E-state index contributed by atoms with van der Waals surface area (Å²) in [6, 6.07) is 11.6. The van der Waals surface area contributed by atoms with Gasteiger partial charge in [0.2, 0.25) is 0 Å². The quantitative estimate of drug-likeness (QED) is 0.891.